The lowest BCUT2D eigenvalue weighted by Gasteiger charge is -2.42. The number of rotatable bonds is 11. The highest BCUT2D eigenvalue weighted by Crippen LogP contribution is 2.30. The van der Waals surface area contributed by atoms with Crippen LogP contribution in [0.1, 0.15) is 94.0 Å². The standard InChI is InChI=1S/C28H44N4O4/c1-4-29(5-2)18-19-30(28(34)23-16-17-26(32(35)36)22(3)20-23)21-27(33)31(24-12-8-6-9-13-24)25-14-10-7-11-15-25/h16-17,20,24-25H,4-15,18-19,21H2,1-3H3. The highest BCUT2D eigenvalue weighted by atomic mass is 16.6. The summed E-state index contributed by atoms with van der Waals surface area (Å²) in [6, 6.07) is 5.03. The van der Waals surface area contributed by atoms with E-state index in [1.54, 1.807) is 17.9 Å². The van der Waals surface area contributed by atoms with Gasteiger partial charge >= 0.3 is 0 Å². The van der Waals surface area contributed by atoms with Gasteiger partial charge in [0, 0.05) is 42.4 Å². The molecule has 8 nitrogen and oxygen atoms in total. The minimum atomic E-state index is -0.433. The van der Waals surface area contributed by atoms with E-state index in [0.29, 0.717) is 24.2 Å². The van der Waals surface area contributed by atoms with Crippen molar-refractivity contribution in [1.29, 1.82) is 0 Å². The summed E-state index contributed by atoms with van der Waals surface area (Å²) >= 11 is 0. The van der Waals surface area contributed by atoms with Crippen molar-refractivity contribution in [2.45, 2.75) is 97.1 Å². The van der Waals surface area contributed by atoms with Gasteiger partial charge in [-0.2, -0.15) is 0 Å². The molecule has 2 amide bonds. The maximum absolute atomic E-state index is 13.9. The number of amides is 2. The fourth-order valence-electron chi connectivity index (χ4n) is 5.90. The van der Waals surface area contributed by atoms with E-state index in [9.17, 15) is 19.7 Å². The van der Waals surface area contributed by atoms with Gasteiger partial charge in [-0.05, 0) is 57.8 Å². The average Bonchev–Trinajstić information content (AvgIpc) is 2.89. The predicted molar refractivity (Wildman–Crippen MR) is 142 cm³/mol. The van der Waals surface area contributed by atoms with Gasteiger partial charge < -0.3 is 14.7 Å². The van der Waals surface area contributed by atoms with Crippen molar-refractivity contribution in [3.8, 4) is 0 Å². The van der Waals surface area contributed by atoms with Gasteiger partial charge in [0.1, 0.15) is 6.54 Å². The molecule has 0 saturated heterocycles. The van der Waals surface area contributed by atoms with Crippen molar-refractivity contribution in [1.82, 2.24) is 14.7 Å². The first-order chi connectivity index (χ1) is 17.3. The second-order valence-electron chi connectivity index (χ2n) is 10.4. The minimum Gasteiger partial charge on any atom is -0.335 e. The molecule has 2 saturated carbocycles. The van der Waals surface area contributed by atoms with Crippen LogP contribution in [0.4, 0.5) is 5.69 Å². The number of hydrogen-bond donors (Lipinski definition) is 0. The molecule has 3 rings (SSSR count). The Hall–Kier alpha value is -2.48. The van der Waals surface area contributed by atoms with Crippen LogP contribution in [-0.2, 0) is 4.79 Å². The second kappa shape index (κ2) is 13.7. The van der Waals surface area contributed by atoms with Crippen molar-refractivity contribution in [2.75, 3.05) is 32.7 Å². The predicted octanol–water partition coefficient (Wildman–Crippen LogP) is 5.18. The maximum Gasteiger partial charge on any atom is 0.272 e. The topological polar surface area (TPSA) is 87.0 Å². The van der Waals surface area contributed by atoms with Crippen LogP contribution in [0.5, 0.6) is 0 Å². The third-order valence-electron chi connectivity index (χ3n) is 8.06. The molecule has 0 heterocycles. The maximum atomic E-state index is 13.9. The van der Waals surface area contributed by atoms with Crippen LogP contribution in [0, 0.1) is 17.0 Å². The van der Waals surface area contributed by atoms with Crippen LogP contribution in [0.25, 0.3) is 0 Å². The zero-order chi connectivity index (χ0) is 26.1. The van der Waals surface area contributed by atoms with Crippen molar-refractivity contribution < 1.29 is 14.5 Å². The lowest BCUT2D eigenvalue weighted by atomic mass is 9.88. The highest BCUT2D eigenvalue weighted by Gasteiger charge is 2.34. The molecule has 200 valence electrons. The average molecular weight is 501 g/mol. The molecule has 0 unspecified atom stereocenters. The fraction of sp³-hybridized carbons (Fsp3) is 0.714. The lowest BCUT2D eigenvalue weighted by molar-refractivity contribution is -0.385. The number of nitrogens with zero attached hydrogens (tertiary/aromatic N) is 4. The first-order valence-corrected chi connectivity index (χ1v) is 13.9. The van der Waals surface area contributed by atoms with Gasteiger partial charge in [0.15, 0.2) is 0 Å². The van der Waals surface area contributed by atoms with Gasteiger partial charge in [-0.1, -0.05) is 52.4 Å². The van der Waals surface area contributed by atoms with Crippen LogP contribution in [0.2, 0.25) is 0 Å². The Morgan fingerprint density at radius 2 is 1.47 bits per heavy atom. The Kier molecular flexibility index (Phi) is 10.7. The van der Waals surface area contributed by atoms with Crippen molar-refractivity contribution in [2.24, 2.45) is 0 Å². The molecule has 0 atom stereocenters. The number of nitro benzene ring substituents is 1. The van der Waals surface area contributed by atoms with E-state index in [4.69, 9.17) is 0 Å². The smallest absolute Gasteiger partial charge is 0.272 e. The van der Waals surface area contributed by atoms with Gasteiger partial charge in [-0.15, -0.1) is 0 Å². The Bertz CT molecular complexity index is 872. The molecule has 2 fully saturated rings. The molecule has 0 spiro atoms. The summed E-state index contributed by atoms with van der Waals surface area (Å²) in [5.74, 6) is -0.180. The molecule has 1 aromatic carbocycles. The third-order valence-corrected chi connectivity index (χ3v) is 8.06. The van der Waals surface area contributed by atoms with Crippen LogP contribution in [0.3, 0.4) is 0 Å². The Morgan fingerprint density at radius 1 is 0.917 bits per heavy atom. The lowest BCUT2D eigenvalue weighted by Crippen LogP contribution is -2.53. The summed E-state index contributed by atoms with van der Waals surface area (Å²) in [6.45, 7) is 8.77. The Balaban J connectivity index is 1.84. The van der Waals surface area contributed by atoms with Crippen molar-refractivity contribution in [3.63, 3.8) is 0 Å². The molecule has 2 aliphatic rings. The van der Waals surface area contributed by atoms with E-state index in [-0.39, 0.29) is 36.1 Å². The van der Waals surface area contributed by atoms with Crippen LogP contribution in [0.15, 0.2) is 18.2 Å². The monoisotopic (exact) mass is 500 g/mol. The number of nitro groups is 1. The van der Waals surface area contributed by atoms with Gasteiger partial charge in [-0.25, -0.2) is 0 Å². The van der Waals surface area contributed by atoms with Crippen molar-refractivity contribution >= 4 is 17.5 Å². The Labute approximate surface area is 216 Å². The van der Waals surface area contributed by atoms with Gasteiger partial charge in [0.2, 0.25) is 5.91 Å². The van der Waals surface area contributed by atoms with Crippen molar-refractivity contribution in [3.05, 3.63) is 39.4 Å². The summed E-state index contributed by atoms with van der Waals surface area (Å²) in [6.07, 6.45) is 11.3. The zero-order valence-electron chi connectivity index (χ0n) is 22.4. The second-order valence-corrected chi connectivity index (χ2v) is 10.4. The third kappa shape index (κ3) is 7.28. The number of aryl methyl sites for hydroxylation is 1. The van der Waals surface area contributed by atoms with E-state index in [2.05, 4.69) is 23.6 Å². The molecule has 2 aliphatic carbocycles. The number of carbonyl (C=O) groups is 2. The summed E-state index contributed by atoms with van der Waals surface area (Å²) in [5, 5.41) is 11.3. The van der Waals surface area contributed by atoms with Gasteiger partial charge in [0.25, 0.3) is 11.6 Å². The number of benzene rings is 1. The highest BCUT2D eigenvalue weighted by molar-refractivity contribution is 5.97. The molecule has 0 radical (unpaired) electrons. The minimum absolute atomic E-state index is 0.00177. The van der Waals surface area contributed by atoms with E-state index in [0.717, 1.165) is 64.5 Å². The zero-order valence-corrected chi connectivity index (χ0v) is 22.4. The molecule has 0 aliphatic heterocycles. The number of likely N-dealkylation sites (N-methyl/N-ethyl adjacent to an activating group) is 1. The molecule has 0 N–H and O–H groups in total. The molecule has 8 heteroatoms. The first-order valence-electron chi connectivity index (χ1n) is 13.9. The molecule has 0 bridgehead atoms. The quantitative estimate of drug-likeness (QED) is 0.309. The SMILES string of the molecule is CCN(CC)CCN(CC(=O)N(C1CCCCC1)C1CCCCC1)C(=O)c1ccc([N+](=O)[O-])c(C)c1. The largest absolute Gasteiger partial charge is 0.335 e. The summed E-state index contributed by atoms with van der Waals surface area (Å²) in [7, 11) is 0. The molecule has 36 heavy (non-hydrogen) atoms. The van der Waals surface area contributed by atoms with E-state index in [1.165, 1.54) is 25.0 Å². The fourth-order valence-corrected chi connectivity index (χ4v) is 5.90. The molecular formula is C28H44N4O4. The van der Waals surface area contributed by atoms with E-state index < -0.39 is 4.92 Å². The van der Waals surface area contributed by atoms with Crippen LogP contribution in [-0.4, -0.2) is 76.2 Å². The van der Waals surface area contributed by atoms with E-state index >= 15 is 0 Å². The van der Waals surface area contributed by atoms with Crippen LogP contribution < -0.4 is 0 Å². The summed E-state index contributed by atoms with van der Waals surface area (Å²) in [5.41, 5.74) is 0.845. The van der Waals surface area contributed by atoms with Gasteiger partial charge in [0.05, 0.1) is 4.92 Å². The number of carbonyl (C=O) groups excluding carboxylic acids is 2. The van der Waals surface area contributed by atoms with Crippen LogP contribution >= 0.6 is 0 Å². The van der Waals surface area contributed by atoms with Gasteiger partial charge in [-0.3, -0.25) is 19.7 Å². The normalized spacial score (nSPS) is 17.2. The Morgan fingerprint density at radius 3 is 1.94 bits per heavy atom. The molecule has 1 aromatic rings. The number of hydrogen-bond acceptors (Lipinski definition) is 5. The van der Waals surface area contributed by atoms with E-state index in [1.807, 2.05) is 0 Å². The summed E-state index contributed by atoms with van der Waals surface area (Å²) < 4.78 is 0. The molecular weight excluding hydrogens is 456 g/mol. The first kappa shape index (κ1) is 28.1. The molecule has 0 aromatic heterocycles. The summed E-state index contributed by atoms with van der Waals surface area (Å²) in [4.78, 5) is 44.5.